The number of hydrogen-bond donors (Lipinski definition) is 1. The minimum absolute atomic E-state index is 0.00968. The number of hydrogen-bond acceptors (Lipinski definition) is 2. The molecule has 1 aliphatic rings. The fourth-order valence-corrected chi connectivity index (χ4v) is 1.69. The summed E-state index contributed by atoms with van der Waals surface area (Å²) in [5, 5.41) is 2.90. The van der Waals surface area contributed by atoms with Crippen molar-refractivity contribution in [2.75, 3.05) is 32.8 Å². The average molecular weight is 223 g/mol. The molecule has 5 heteroatoms. The van der Waals surface area contributed by atoms with E-state index in [0.717, 1.165) is 6.54 Å². The first-order chi connectivity index (χ1) is 7.86. The molecule has 5 nitrogen and oxygen atoms in total. The monoisotopic (exact) mass is 223 g/mol. The van der Waals surface area contributed by atoms with Gasteiger partial charge in [0.15, 0.2) is 0 Å². The van der Waals surface area contributed by atoms with Gasteiger partial charge in [0, 0.05) is 38.6 Å². The van der Waals surface area contributed by atoms with Crippen LogP contribution in [0.25, 0.3) is 0 Å². The molecule has 1 fully saturated rings. The Morgan fingerprint density at radius 2 is 1.94 bits per heavy atom. The molecule has 0 bridgehead atoms. The van der Waals surface area contributed by atoms with Crippen LogP contribution in [0.3, 0.4) is 0 Å². The molecule has 16 heavy (non-hydrogen) atoms. The van der Waals surface area contributed by atoms with E-state index in [4.69, 9.17) is 4.74 Å². The van der Waals surface area contributed by atoms with Gasteiger partial charge in [-0.05, 0) is 12.1 Å². The van der Waals surface area contributed by atoms with Crippen LogP contribution in [0.4, 0.5) is 4.79 Å². The van der Waals surface area contributed by atoms with Crippen LogP contribution in [0.2, 0.25) is 0 Å². The van der Waals surface area contributed by atoms with E-state index in [1.54, 1.807) is 4.90 Å². The quantitative estimate of drug-likeness (QED) is 0.812. The first-order valence-electron chi connectivity index (χ1n) is 5.57. The third-order valence-electron chi connectivity index (χ3n) is 2.61. The van der Waals surface area contributed by atoms with Crippen molar-refractivity contribution >= 4 is 6.03 Å². The van der Waals surface area contributed by atoms with Crippen molar-refractivity contribution in [2.45, 2.75) is 6.54 Å². The van der Waals surface area contributed by atoms with Gasteiger partial charge in [-0.2, -0.15) is 0 Å². The standard InChI is InChI=1S/C11H17N3O2/c15-11(14-7-9-16-10-8-14)12-3-6-13-4-1-2-5-13/h1-2,4-5H,3,6-10H2,(H,12,15). The number of carbonyl (C=O) groups is 1. The molecule has 0 unspecified atom stereocenters. The van der Waals surface area contributed by atoms with Gasteiger partial charge in [-0.15, -0.1) is 0 Å². The molecule has 1 saturated heterocycles. The van der Waals surface area contributed by atoms with Crippen LogP contribution in [0.5, 0.6) is 0 Å². The first-order valence-corrected chi connectivity index (χ1v) is 5.57. The normalized spacial score (nSPS) is 16.1. The molecule has 0 aliphatic carbocycles. The maximum Gasteiger partial charge on any atom is 0.317 e. The lowest BCUT2D eigenvalue weighted by Gasteiger charge is -2.26. The highest BCUT2D eigenvalue weighted by Gasteiger charge is 2.15. The number of ether oxygens (including phenoxy) is 1. The molecular formula is C11H17N3O2. The minimum Gasteiger partial charge on any atom is -0.378 e. The fraction of sp³-hybridized carbons (Fsp3) is 0.545. The molecule has 0 aromatic carbocycles. The van der Waals surface area contributed by atoms with Gasteiger partial charge in [-0.1, -0.05) is 0 Å². The Labute approximate surface area is 95.0 Å². The topological polar surface area (TPSA) is 46.5 Å². The summed E-state index contributed by atoms with van der Waals surface area (Å²) in [4.78, 5) is 13.5. The number of morpholine rings is 1. The molecule has 1 N–H and O–H groups in total. The smallest absolute Gasteiger partial charge is 0.317 e. The van der Waals surface area contributed by atoms with Crippen LogP contribution in [-0.4, -0.2) is 48.3 Å². The highest BCUT2D eigenvalue weighted by atomic mass is 16.5. The molecular weight excluding hydrogens is 206 g/mol. The van der Waals surface area contributed by atoms with Crippen LogP contribution in [0.1, 0.15) is 0 Å². The summed E-state index contributed by atoms with van der Waals surface area (Å²) in [5.41, 5.74) is 0. The van der Waals surface area contributed by atoms with Gasteiger partial charge in [-0.3, -0.25) is 0 Å². The van der Waals surface area contributed by atoms with E-state index in [9.17, 15) is 4.79 Å². The summed E-state index contributed by atoms with van der Waals surface area (Å²) < 4.78 is 7.23. The van der Waals surface area contributed by atoms with E-state index in [2.05, 4.69) is 5.32 Å². The Bertz CT molecular complexity index is 318. The average Bonchev–Trinajstić information content (AvgIpc) is 2.83. The van der Waals surface area contributed by atoms with Crippen molar-refractivity contribution in [1.29, 1.82) is 0 Å². The number of urea groups is 1. The van der Waals surface area contributed by atoms with Crippen molar-refractivity contribution < 1.29 is 9.53 Å². The lowest BCUT2D eigenvalue weighted by molar-refractivity contribution is 0.0532. The minimum atomic E-state index is 0.00968. The number of amides is 2. The molecule has 88 valence electrons. The Morgan fingerprint density at radius 1 is 1.25 bits per heavy atom. The van der Waals surface area contributed by atoms with Crippen LogP contribution >= 0.6 is 0 Å². The molecule has 2 amide bonds. The van der Waals surface area contributed by atoms with Gasteiger partial charge in [0.1, 0.15) is 0 Å². The van der Waals surface area contributed by atoms with Crippen molar-refractivity contribution in [1.82, 2.24) is 14.8 Å². The highest BCUT2D eigenvalue weighted by molar-refractivity contribution is 5.74. The third-order valence-corrected chi connectivity index (χ3v) is 2.61. The Balaban J connectivity index is 1.67. The zero-order chi connectivity index (χ0) is 11.2. The second-order valence-electron chi connectivity index (χ2n) is 3.75. The Hall–Kier alpha value is -1.49. The molecule has 1 aliphatic heterocycles. The largest absolute Gasteiger partial charge is 0.378 e. The van der Waals surface area contributed by atoms with Crippen LogP contribution in [-0.2, 0) is 11.3 Å². The van der Waals surface area contributed by atoms with Crippen molar-refractivity contribution in [2.24, 2.45) is 0 Å². The van der Waals surface area contributed by atoms with Crippen LogP contribution < -0.4 is 5.32 Å². The molecule has 2 heterocycles. The summed E-state index contributed by atoms with van der Waals surface area (Å²) >= 11 is 0. The third kappa shape index (κ3) is 3.00. The molecule has 0 atom stereocenters. The van der Waals surface area contributed by atoms with Gasteiger partial charge in [0.25, 0.3) is 0 Å². The zero-order valence-electron chi connectivity index (χ0n) is 9.26. The van der Waals surface area contributed by atoms with Gasteiger partial charge < -0.3 is 19.5 Å². The SMILES string of the molecule is O=C(NCCn1cccc1)N1CCOCC1. The lowest BCUT2D eigenvalue weighted by atomic mass is 10.4. The summed E-state index contributed by atoms with van der Waals surface area (Å²) in [6, 6.07) is 3.96. The van der Waals surface area contributed by atoms with Crippen molar-refractivity contribution in [3.63, 3.8) is 0 Å². The van der Waals surface area contributed by atoms with Gasteiger partial charge in [0.2, 0.25) is 0 Å². The summed E-state index contributed by atoms with van der Waals surface area (Å²) in [7, 11) is 0. The number of nitrogens with one attached hydrogen (secondary N) is 1. The Morgan fingerprint density at radius 3 is 2.62 bits per heavy atom. The second-order valence-corrected chi connectivity index (χ2v) is 3.75. The predicted octanol–water partition coefficient (Wildman–Crippen LogP) is 0.530. The first kappa shape index (κ1) is 11.0. The maximum absolute atomic E-state index is 11.7. The van der Waals surface area contributed by atoms with Gasteiger partial charge in [-0.25, -0.2) is 4.79 Å². The van der Waals surface area contributed by atoms with Crippen LogP contribution in [0, 0.1) is 0 Å². The lowest BCUT2D eigenvalue weighted by Crippen LogP contribution is -2.46. The fourth-order valence-electron chi connectivity index (χ4n) is 1.69. The van der Waals surface area contributed by atoms with Crippen molar-refractivity contribution in [3.05, 3.63) is 24.5 Å². The Kier molecular flexibility index (Phi) is 3.82. The second kappa shape index (κ2) is 5.55. The maximum atomic E-state index is 11.7. The van der Waals surface area contributed by atoms with E-state index in [1.165, 1.54) is 0 Å². The van der Waals surface area contributed by atoms with E-state index < -0.39 is 0 Å². The highest BCUT2D eigenvalue weighted by Crippen LogP contribution is 1.96. The van der Waals surface area contributed by atoms with E-state index >= 15 is 0 Å². The number of rotatable bonds is 3. The number of aromatic nitrogens is 1. The van der Waals surface area contributed by atoms with Gasteiger partial charge >= 0.3 is 6.03 Å². The molecule has 0 saturated carbocycles. The van der Waals surface area contributed by atoms with E-state index in [0.29, 0.717) is 32.8 Å². The van der Waals surface area contributed by atoms with Crippen LogP contribution in [0.15, 0.2) is 24.5 Å². The predicted molar refractivity (Wildman–Crippen MR) is 60.2 cm³/mol. The number of carbonyl (C=O) groups excluding carboxylic acids is 1. The molecule has 1 aromatic heterocycles. The van der Waals surface area contributed by atoms with Crippen molar-refractivity contribution in [3.8, 4) is 0 Å². The van der Waals surface area contributed by atoms with E-state index in [1.807, 2.05) is 29.1 Å². The summed E-state index contributed by atoms with van der Waals surface area (Å²) in [6.07, 6.45) is 3.97. The molecule has 2 rings (SSSR count). The molecule has 0 radical (unpaired) electrons. The molecule has 0 spiro atoms. The van der Waals surface area contributed by atoms with Gasteiger partial charge in [0.05, 0.1) is 13.2 Å². The summed E-state index contributed by atoms with van der Waals surface area (Å²) in [5.74, 6) is 0. The molecule has 1 aromatic rings. The number of nitrogens with zero attached hydrogens (tertiary/aromatic N) is 2. The van der Waals surface area contributed by atoms with E-state index in [-0.39, 0.29) is 6.03 Å². The zero-order valence-corrected chi connectivity index (χ0v) is 9.26. The summed E-state index contributed by atoms with van der Waals surface area (Å²) in [6.45, 7) is 4.13.